The Kier molecular flexibility index (Phi) is 9.62. The highest BCUT2D eigenvalue weighted by atomic mass is 16.5. The van der Waals surface area contributed by atoms with Crippen LogP contribution in [0, 0.1) is 0 Å². The fourth-order valence-corrected chi connectivity index (χ4v) is 7.37. The van der Waals surface area contributed by atoms with Gasteiger partial charge in [-0.05, 0) is 49.0 Å². The highest BCUT2D eigenvalue weighted by molar-refractivity contribution is 6.16. The second-order valence-corrected chi connectivity index (χ2v) is 14.2. The van der Waals surface area contributed by atoms with Crippen LogP contribution in [0.1, 0.15) is 75.9 Å². The lowest BCUT2D eigenvalue weighted by Gasteiger charge is -2.37. The maximum atomic E-state index is 14.0. The number of carbonyl (C=O) groups excluding carboxylic acids is 3. The van der Waals surface area contributed by atoms with Gasteiger partial charge in [-0.15, -0.1) is 0 Å². The Morgan fingerprint density at radius 2 is 1.69 bits per heavy atom. The lowest BCUT2D eigenvalue weighted by Crippen LogP contribution is -2.52. The summed E-state index contributed by atoms with van der Waals surface area (Å²) in [6.07, 6.45) is 1.94. The van der Waals surface area contributed by atoms with Crippen molar-refractivity contribution in [3.8, 4) is 16.9 Å². The minimum absolute atomic E-state index is 0.00455. The first-order chi connectivity index (χ1) is 22.6. The van der Waals surface area contributed by atoms with Gasteiger partial charge in [-0.25, -0.2) is 4.79 Å². The number of nitrogens with zero attached hydrogens (tertiary/aromatic N) is 5. The van der Waals surface area contributed by atoms with E-state index in [1.54, 1.807) is 31.8 Å². The molecule has 5 rings (SSSR count). The van der Waals surface area contributed by atoms with Crippen molar-refractivity contribution in [1.82, 2.24) is 24.2 Å². The molecule has 0 bridgehead atoms. The molecule has 0 saturated carbocycles. The minimum Gasteiger partial charge on any atom is -0.495 e. The van der Waals surface area contributed by atoms with Crippen molar-refractivity contribution in [2.45, 2.75) is 51.6 Å². The van der Waals surface area contributed by atoms with Crippen molar-refractivity contribution in [2.75, 3.05) is 61.0 Å². The number of carboxylic acids is 1. The van der Waals surface area contributed by atoms with Gasteiger partial charge in [0.25, 0.3) is 11.8 Å². The van der Waals surface area contributed by atoms with Crippen LogP contribution in [-0.4, -0.2) is 120 Å². The Balaban J connectivity index is 1.66. The first kappa shape index (κ1) is 34.9. The summed E-state index contributed by atoms with van der Waals surface area (Å²) in [6.45, 7) is 9.99. The lowest BCUT2D eigenvalue weighted by molar-refractivity contribution is -0.137. The Morgan fingerprint density at radius 3 is 2.21 bits per heavy atom. The molecule has 12 heteroatoms. The van der Waals surface area contributed by atoms with Gasteiger partial charge in [0.1, 0.15) is 11.4 Å². The molecular formula is C36H48N6O6. The third-order valence-electron chi connectivity index (χ3n) is 9.81. The largest absolute Gasteiger partial charge is 0.495 e. The Labute approximate surface area is 282 Å². The van der Waals surface area contributed by atoms with Crippen LogP contribution in [0.4, 0.5) is 0 Å². The van der Waals surface area contributed by atoms with Gasteiger partial charge in [-0.1, -0.05) is 39.0 Å². The number of nitrogens with two attached hydrogens (primary N) is 1. The smallest absolute Gasteiger partial charge is 0.353 e. The molecule has 3 N–H and O–H groups in total. The molecule has 2 aromatic carbocycles. The molecular weight excluding hydrogens is 612 g/mol. The third-order valence-corrected chi connectivity index (χ3v) is 9.81. The van der Waals surface area contributed by atoms with Gasteiger partial charge in [-0.2, -0.15) is 0 Å². The first-order valence-corrected chi connectivity index (χ1v) is 16.4. The summed E-state index contributed by atoms with van der Waals surface area (Å²) in [5.74, 6) is -2.15. The second-order valence-electron chi connectivity index (χ2n) is 14.2. The second kappa shape index (κ2) is 13.2. The Morgan fingerprint density at radius 1 is 1.02 bits per heavy atom. The predicted molar refractivity (Wildman–Crippen MR) is 185 cm³/mol. The maximum Gasteiger partial charge on any atom is 0.353 e. The van der Waals surface area contributed by atoms with Crippen LogP contribution >= 0.6 is 0 Å². The number of ether oxygens (including phenoxy) is 1. The van der Waals surface area contributed by atoms with E-state index in [2.05, 4.69) is 9.80 Å². The van der Waals surface area contributed by atoms with Crippen LogP contribution in [0.15, 0.2) is 24.3 Å². The number of aromatic nitrogens is 1. The molecule has 2 aliphatic rings. The van der Waals surface area contributed by atoms with Gasteiger partial charge in [-0.3, -0.25) is 24.2 Å². The van der Waals surface area contributed by atoms with Crippen molar-refractivity contribution in [2.24, 2.45) is 12.8 Å². The monoisotopic (exact) mass is 660 g/mol. The average Bonchev–Trinajstić information content (AvgIpc) is 3.59. The highest BCUT2D eigenvalue weighted by Gasteiger charge is 2.37. The third kappa shape index (κ3) is 6.14. The SMILES string of the molecule is COc1c(C(N)=O)cc(C(C)(C)C)c(-c2c(C(=O)O)n(C)c3c(CN4CCN(C(=O)C5CCCN5C)CC4)cccc23)c1C(=O)N(C)C. The minimum atomic E-state index is -1.15. The number of likely N-dealkylation sites (N-methyl/N-ethyl adjacent to an activating group) is 1. The summed E-state index contributed by atoms with van der Waals surface area (Å²) in [5, 5.41) is 11.4. The van der Waals surface area contributed by atoms with Crippen LogP contribution < -0.4 is 10.5 Å². The summed E-state index contributed by atoms with van der Waals surface area (Å²) in [7, 11) is 8.30. The van der Waals surface area contributed by atoms with Crippen molar-refractivity contribution in [3.05, 3.63) is 52.2 Å². The number of aromatic carboxylic acids is 1. The van der Waals surface area contributed by atoms with E-state index in [1.165, 1.54) is 12.0 Å². The summed E-state index contributed by atoms with van der Waals surface area (Å²) in [4.78, 5) is 60.8. The molecule has 2 saturated heterocycles. The summed E-state index contributed by atoms with van der Waals surface area (Å²) in [5.41, 5.74) is 8.35. The van der Waals surface area contributed by atoms with Crippen molar-refractivity contribution in [3.63, 3.8) is 0 Å². The van der Waals surface area contributed by atoms with Crippen LogP contribution in [-0.2, 0) is 23.8 Å². The molecule has 0 aliphatic carbocycles. The number of primary amides is 1. The maximum absolute atomic E-state index is 14.0. The highest BCUT2D eigenvalue weighted by Crippen LogP contribution is 2.47. The van der Waals surface area contributed by atoms with Gasteiger partial charge >= 0.3 is 5.97 Å². The van der Waals surface area contributed by atoms with Crippen molar-refractivity contribution in [1.29, 1.82) is 0 Å². The fourth-order valence-electron chi connectivity index (χ4n) is 7.37. The van der Waals surface area contributed by atoms with Crippen molar-refractivity contribution < 1.29 is 29.0 Å². The standard InChI is InChI=1S/C36H48N6O6/c1-36(2,3)24-19-23(32(37)43)31(48-8)28(34(45)38(4)5)27(24)26-22-12-9-11-21(29(22)40(7)30(26)35(46)47)20-41-15-17-42(18-16-41)33(44)25-13-10-14-39(25)6/h9,11-12,19,25H,10,13-18,20H2,1-8H3,(H2,37,43)(H,46,47). The summed E-state index contributed by atoms with van der Waals surface area (Å²) >= 11 is 0. The lowest BCUT2D eigenvalue weighted by atomic mass is 9.77. The molecule has 48 heavy (non-hydrogen) atoms. The molecule has 2 aliphatic heterocycles. The van der Waals surface area contributed by atoms with E-state index in [0.29, 0.717) is 54.8 Å². The molecule has 0 spiro atoms. The Bertz CT molecular complexity index is 1780. The molecule has 3 aromatic rings. The van der Waals surface area contributed by atoms with E-state index in [0.717, 1.165) is 30.5 Å². The number of methoxy groups -OCH3 is 1. The van der Waals surface area contributed by atoms with E-state index in [-0.39, 0.29) is 34.5 Å². The number of fused-ring (bicyclic) bond motifs is 1. The normalized spacial score (nSPS) is 17.6. The molecule has 2 fully saturated rings. The average molecular weight is 661 g/mol. The summed E-state index contributed by atoms with van der Waals surface area (Å²) < 4.78 is 7.39. The molecule has 0 radical (unpaired) electrons. The number of piperazine rings is 1. The van der Waals surface area contributed by atoms with E-state index in [1.807, 2.05) is 50.9 Å². The van der Waals surface area contributed by atoms with Gasteiger partial charge in [0.2, 0.25) is 5.91 Å². The fraction of sp³-hybridized carbons (Fsp3) is 0.500. The van der Waals surface area contributed by atoms with Crippen LogP contribution in [0.3, 0.4) is 0 Å². The van der Waals surface area contributed by atoms with Gasteiger partial charge in [0, 0.05) is 70.4 Å². The number of para-hydroxylation sites is 1. The number of likely N-dealkylation sites (tertiary alicyclic amines) is 1. The number of carbonyl (C=O) groups is 4. The molecule has 1 aromatic heterocycles. The zero-order valence-electron chi connectivity index (χ0n) is 29.3. The number of benzene rings is 2. The molecule has 3 amide bonds. The molecule has 258 valence electrons. The van der Waals surface area contributed by atoms with Crippen LogP contribution in [0.25, 0.3) is 22.0 Å². The van der Waals surface area contributed by atoms with E-state index >= 15 is 0 Å². The number of rotatable bonds is 8. The van der Waals surface area contributed by atoms with E-state index in [4.69, 9.17) is 10.5 Å². The molecule has 12 nitrogen and oxygen atoms in total. The zero-order valence-corrected chi connectivity index (χ0v) is 29.3. The number of amides is 3. The molecule has 3 heterocycles. The topological polar surface area (TPSA) is 142 Å². The first-order valence-electron chi connectivity index (χ1n) is 16.4. The number of carboxylic acid groups (broad SMARTS) is 1. The van der Waals surface area contributed by atoms with Gasteiger partial charge in [0.05, 0.1) is 29.8 Å². The Hall–Kier alpha value is -4.42. The molecule has 1 unspecified atom stereocenters. The number of hydrogen-bond donors (Lipinski definition) is 2. The summed E-state index contributed by atoms with van der Waals surface area (Å²) in [6, 6.07) is 7.36. The predicted octanol–water partition coefficient (Wildman–Crippen LogP) is 3.39. The van der Waals surface area contributed by atoms with E-state index in [9.17, 15) is 24.3 Å². The molecule has 1 atom stereocenters. The van der Waals surface area contributed by atoms with Crippen LogP contribution in [0.2, 0.25) is 0 Å². The van der Waals surface area contributed by atoms with Crippen LogP contribution in [0.5, 0.6) is 5.75 Å². The number of aryl methyl sites for hydroxylation is 1. The van der Waals surface area contributed by atoms with Gasteiger partial charge < -0.3 is 29.9 Å². The van der Waals surface area contributed by atoms with Crippen molar-refractivity contribution >= 4 is 34.6 Å². The van der Waals surface area contributed by atoms with E-state index < -0.39 is 23.2 Å². The quantitative estimate of drug-likeness (QED) is 0.375. The van der Waals surface area contributed by atoms with Gasteiger partial charge in [0.15, 0.2) is 0 Å². The number of hydrogen-bond acceptors (Lipinski definition) is 7. The zero-order chi connectivity index (χ0) is 35.2.